The van der Waals surface area contributed by atoms with Crippen molar-refractivity contribution >= 4 is 33.4 Å². The Kier molecular flexibility index (Phi) is 4.05. The Hall–Kier alpha value is -2.64. The summed E-state index contributed by atoms with van der Waals surface area (Å²) in [6.45, 7) is 3.61. The number of carbonyl (C=O) groups excluding carboxylic acids is 2. The summed E-state index contributed by atoms with van der Waals surface area (Å²) in [5, 5.41) is 8.73. The molecule has 1 aliphatic heterocycles. The van der Waals surface area contributed by atoms with Crippen LogP contribution in [-0.4, -0.2) is 40.1 Å². The molecule has 0 aliphatic carbocycles. The second kappa shape index (κ2) is 6.26. The second-order valence-corrected chi connectivity index (χ2v) is 7.85. The SMILES string of the molecule is Cc1cc2c(s1)c(Cc1ccc(C(=O)NO)cc1)c1n2CCN(C)C1=O. The Morgan fingerprint density at radius 3 is 2.69 bits per heavy atom. The van der Waals surface area contributed by atoms with E-state index in [4.69, 9.17) is 5.21 Å². The molecule has 3 heterocycles. The van der Waals surface area contributed by atoms with Crippen molar-refractivity contribution in [3.05, 3.63) is 57.6 Å². The minimum absolute atomic E-state index is 0.0589. The molecular weight excluding hydrogens is 350 g/mol. The Morgan fingerprint density at radius 1 is 1.27 bits per heavy atom. The van der Waals surface area contributed by atoms with Gasteiger partial charge in [-0.3, -0.25) is 14.8 Å². The molecule has 7 heteroatoms. The monoisotopic (exact) mass is 369 g/mol. The van der Waals surface area contributed by atoms with E-state index in [0.717, 1.165) is 35.4 Å². The number of fused-ring (bicyclic) bond motifs is 3. The molecule has 0 fully saturated rings. The molecule has 2 amide bonds. The lowest BCUT2D eigenvalue weighted by Crippen LogP contribution is -2.37. The normalized spacial score (nSPS) is 14.0. The smallest absolute Gasteiger partial charge is 0.274 e. The summed E-state index contributed by atoms with van der Waals surface area (Å²) in [5.41, 5.74) is 6.00. The zero-order valence-corrected chi connectivity index (χ0v) is 15.4. The fraction of sp³-hybridized carbons (Fsp3) is 0.263. The van der Waals surface area contributed by atoms with Crippen molar-refractivity contribution in [2.45, 2.75) is 19.9 Å². The number of aryl methyl sites for hydroxylation is 1. The number of thiophene rings is 1. The molecule has 0 radical (unpaired) electrons. The van der Waals surface area contributed by atoms with Crippen molar-refractivity contribution in [1.29, 1.82) is 0 Å². The second-order valence-electron chi connectivity index (χ2n) is 6.59. The zero-order valence-electron chi connectivity index (χ0n) is 14.6. The maximum atomic E-state index is 12.8. The molecular formula is C19H19N3O3S. The van der Waals surface area contributed by atoms with E-state index in [2.05, 4.69) is 17.6 Å². The standard InChI is InChI=1S/C19H19N3O3S/c1-11-9-15-17(26-11)14(16-19(24)21(2)7-8-22(15)16)10-12-3-5-13(6-4-12)18(23)20-25/h3-6,9,25H,7-8,10H2,1-2H3,(H,20,23). The number of aromatic nitrogens is 1. The van der Waals surface area contributed by atoms with Crippen LogP contribution in [0.1, 0.15) is 36.9 Å². The van der Waals surface area contributed by atoms with Gasteiger partial charge in [0.2, 0.25) is 0 Å². The third-order valence-corrected chi connectivity index (χ3v) is 5.96. The molecule has 3 aromatic rings. The van der Waals surface area contributed by atoms with Gasteiger partial charge in [-0.1, -0.05) is 12.1 Å². The van der Waals surface area contributed by atoms with Gasteiger partial charge < -0.3 is 9.47 Å². The molecule has 1 aromatic carbocycles. The third-order valence-electron chi connectivity index (χ3n) is 4.86. The van der Waals surface area contributed by atoms with Crippen LogP contribution in [0.25, 0.3) is 10.2 Å². The van der Waals surface area contributed by atoms with Gasteiger partial charge in [0.15, 0.2) is 0 Å². The van der Waals surface area contributed by atoms with E-state index in [0.29, 0.717) is 12.0 Å². The van der Waals surface area contributed by atoms with E-state index in [-0.39, 0.29) is 5.91 Å². The summed E-state index contributed by atoms with van der Waals surface area (Å²) in [5.74, 6) is -0.477. The first-order valence-corrected chi connectivity index (χ1v) is 9.21. The molecule has 0 unspecified atom stereocenters. The predicted octanol–water partition coefficient (Wildman–Crippen LogP) is 2.81. The third kappa shape index (κ3) is 2.60. The predicted molar refractivity (Wildman–Crippen MR) is 100 cm³/mol. The Morgan fingerprint density at radius 2 is 2.00 bits per heavy atom. The molecule has 0 bridgehead atoms. The summed E-state index contributed by atoms with van der Waals surface area (Å²) < 4.78 is 3.31. The van der Waals surface area contributed by atoms with Crippen LogP contribution >= 0.6 is 11.3 Å². The lowest BCUT2D eigenvalue weighted by molar-refractivity contribution is 0.0705. The van der Waals surface area contributed by atoms with Gasteiger partial charge in [-0.2, -0.15) is 0 Å². The molecule has 1 aliphatic rings. The number of rotatable bonds is 3. The van der Waals surface area contributed by atoms with Gasteiger partial charge in [0.25, 0.3) is 11.8 Å². The number of hydrogen-bond donors (Lipinski definition) is 2. The molecule has 26 heavy (non-hydrogen) atoms. The molecule has 0 atom stereocenters. The van der Waals surface area contributed by atoms with E-state index in [1.165, 1.54) is 9.58 Å². The van der Waals surface area contributed by atoms with E-state index < -0.39 is 5.91 Å². The lowest BCUT2D eigenvalue weighted by atomic mass is 10.0. The molecule has 2 N–H and O–H groups in total. The molecule has 134 valence electrons. The highest BCUT2D eigenvalue weighted by atomic mass is 32.1. The van der Waals surface area contributed by atoms with Gasteiger partial charge in [0.05, 0.1) is 10.2 Å². The number of hydroxylamine groups is 1. The number of hydrogen-bond acceptors (Lipinski definition) is 4. The fourth-order valence-corrected chi connectivity index (χ4v) is 4.58. The van der Waals surface area contributed by atoms with Crippen LogP contribution in [0.4, 0.5) is 0 Å². The Labute approximate surface area is 154 Å². The maximum absolute atomic E-state index is 12.8. The topological polar surface area (TPSA) is 74.6 Å². The average molecular weight is 369 g/mol. The van der Waals surface area contributed by atoms with E-state index in [9.17, 15) is 9.59 Å². The van der Waals surface area contributed by atoms with Crippen LogP contribution in [0.5, 0.6) is 0 Å². The van der Waals surface area contributed by atoms with E-state index >= 15 is 0 Å². The van der Waals surface area contributed by atoms with Gasteiger partial charge in [-0.25, -0.2) is 5.48 Å². The van der Waals surface area contributed by atoms with Crippen molar-refractivity contribution in [2.75, 3.05) is 13.6 Å². The minimum atomic E-state index is -0.536. The van der Waals surface area contributed by atoms with Crippen LogP contribution in [-0.2, 0) is 13.0 Å². The molecule has 0 saturated heterocycles. The summed E-state index contributed by atoms with van der Waals surface area (Å²) in [6.07, 6.45) is 0.624. The number of benzene rings is 1. The molecule has 6 nitrogen and oxygen atoms in total. The highest BCUT2D eigenvalue weighted by Crippen LogP contribution is 2.36. The van der Waals surface area contributed by atoms with Crippen LogP contribution in [0, 0.1) is 6.92 Å². The quantitative estimate of drug-likeness (QED) is 0.551. The average Bonchev–Trinajstić information content (AvgIpc) is 3.15. The van der Waals surface area contributed by atoms with E-state index in [1.807, 2.05) is 19.2 Å². The summed E-state index contributed by atoms with van der Waals surface area (Å²) in [7, 11) is 1.84. The lowest BCUT2D eigenvalue weighted by Gasteiger charge is -2.25. The van der Waals surface area contributed by atoms with E-state index in [1.54, 1.807) is 33.8 Å². The number of carbonyl (C=O) groups is 2. The first-order chi connectivity index (χ1) is 12.5. The molecule has 2 aromatic heterocycles. The summed E-state index contributed by atoms with van der Waals surface area (Å²) in [6, 6.07) is 9.22. The van der Waals surface area contributed by atoms with Gasteiger partial charge in [-0.05, 0) is 30.7 Å². The van der Waals surface area contributed by atoms with Gasteiger partial charge in [0, 0.05) is 42.6 Å². The molecule has 0 spiro atoms. The van der Waals surface area contributed by atoms with Gasteiger partial charge in [-0.15, -0.1) is 11.3 Å². The number of nitrogens with zero attached hydrogens (tertiary/aromatic N) is 2. The van der Waals surface area contributed by atoms with Crippen LogP contribution in [0.3, 0.4) is 0 Å². The Balaban J connectivity index is 1.79. The highest BCUT2D eigenvalue weighted by molar-refractivity contribution is 7.19. The van der Waals surface area contributed by atoms with Crippen molar-refractivity contribution in [3.8, 4) is 0 Å². The minimum Gasteiger partial charge on any atom is -0.339 e. The van der Waals surface area contributed by atoms with Crippen molar-refractivity contribution in [1.82, 2.24) is 14.9 Å². The van der Waals surface area contributed by atoms with Crippen molar-refractivity contribution < 1.29 is 14.8 Å². The zero-order chi connectivity index (χ0) is 18.4. The first kappa shape index (κ1) is 16.8. The fourth-order valence-electron chi connectivity index (χ4n) is 3.52. The largest absolute Gasteiger partial charge is 0.339 e. The van der Waals surface area contributed by atoms with Gasteiger partial charge in [0.1, 0.15) is 5.69 Å². The molecule has 4 rings (SSSR count). The first-order valence-electron chi connectivity index (χ1n) is 8.40. The summed E-state index contributed by atoms with van der Waals surface area (Å²) >= 11 is 1.72. The van der Waals surface area contributed by atoms with Crippen LogP contribution < -0.4 is 5.48 Å². The van der Waals surface area contributed by atoms with Crippen LogP contribution in [0.15, 0.2) is 30.3 Å². The highest BCUT2D eigenvalue weighted by Gasteiger charge is 2.29. The summed E-state index contributed by atoms with van der Waals surface area (Å²) in [4.78, 5) is 27.3. The number of amides is 2. The molecule has 0 saturated carbocycles. The van der Waals surface area contributed by atoms with Crippen LogP contribution in [0.2, 0.25) is 0 Å². The van der Waals surface area contributed by atoms with Gasteiger partial charge >= 0.3 is 0 Å². The van der Waals surface area contributed by atoms with Crippen molar-refractivity contribution in [3.63, 3.8) is 0 Å². The van der Waals surface area contributed by atoms with Crippen molar-refractivity contribution in [2.24, 2.45) is 0 Å². The maximum Gasteiger partial charge on any atom is 0.274 e. The number of likely N-dealkylation sites (N-methyl/N-ethyl adjacent to an activating group) is 1. The Bertz CT molecular complexity index is 1020. The number of nitrogens with one attached hydrogen (secondary N) is 1.